The Morgan fingerprint density at radius 2 is 2.12 bits per heavy atom. The number of carboxylic acids is 1. The topological polar surface area (TPSA) is 63.6 Å². The number of ether oxygens (including phenoxy) is 1. The van der Waals surface area contributed by atoms with Crippen LogP contribution in [0.15, 0.2) is 23.6 Å². The van der Waals surface area contributed by atoms with Gasteiger partial charge in [-0.1, -0.05) is 0 Å². The van der Waals surface area contributed by atoms with Crippen LogP contribution in [0.4, 0.5) is 0 Å². The molecule has 1 N–H and O–H groups in total. The molecule has 4 nitrogen and oxygen atoms in total. The minimum absolute atomic E-state index is 0.231. The number of rotatable bonds is 2. The van der Waals surface area contributed by atoms with Crippen molar-refractivity contribution in [3.63, 3.8) is 0 Å². The summed E-state index contributed by atoms with van der Waals surface area (Å²) in [5, 5.41) is 11.1. The van der Waals surface area contributed by atoms with E-state index < -0.39 is 11.9 Å². The predicted octanol–water partition coefficient (Wildman–Crippen LogP) is 2.52. The zero-order valence-electron chi connectivity index (χ0n) is 8.39. The average Bonchev–Trinajstić information content (AvgIpc) is 2.59. The SMILES string of the molecule is CC(=O)Oc1ccc2scc(C(=O)O)c2c1. The minimum atomic E-state index is -0.980. The third kappa shape index (κ3) is 1.90. The largest absolute Gasteiger partial charge is 0.478 e. The van der Waals surface area contributed by atoms with Crippen LogP contribution in [-0.2, 0) is 4.79 Å². The second kappa shape index (κ2) is 3.94. The molecule has 0 aliphatic heterocycles. The zero-order valence-corrected chi connectivity index (χ0v) is 9.21. The highest BCUT2D eigenvalue weighted by molar-refractivity contribution is 7.17. The molecule has 2 rings (SSSR count). The summed E-state index contributed by atoms with van der Waals surface area (Å²) in [5.41, 5.74) is 0.231. The van der Waals surface area contributed by atoms with Crippen molar-refractivity contribution in [2.24, 2.45) is 0 Å². The lowest BCUT2D eigenvalue weighted by molar-refractivity contribution is -0.131. The Hall–Kier alpha value is -1.88. The van der Waals surface area contributed by atoms with Crippen molar-refractivity contribution in [1.29, 1.82) is 0 Å². The monoisotopic (exact) mass is 236 g/mol. The van der Waals surface area contributed by atoms with Gasteiger partial charge >= 0.3 is 11.9 Å². The van der Waals surface area contributed by atoms with E-state index in [1.807, 2.05) is 0 Å². The maximum absolute atomic E-state index is 10.9. The summed E-state index contributed by atoms with van der Waals surface area (Å²) in [6.45, 7) is 1.30. The molecular weight excluding hydrogens is 228 g/mol. The molecule has 0 saturated carbocycles. The summed E-state index contributed by atoms with van der Waals surface area (Å²) < 4.78 is 5.75. The molecule has 0 aliphatic rings. The van der Waals surface area contributed by atoms with Crippen molar-refractivity contribution < 1.29 is 19.4 Å². The van der Waals surface area contributed by atoms with Gasteiger partial charge in [0, 0.05) is 22.4 Å². The molecule has 82 valence electrons. The summed E-state index contributed by atoms with van der Waals surface area (Å²) in [5.74, 6) is -1.04. The number of aromatic carboxylic acids is 1. The lowest BCUT2D eigenvalue weighted by Crippen LogP contribution is -2.01. The Morgan fingerprint density at radius 1 is 1.38 bits per heavy atom. The molecule has 0 saturated heterocycles. The molecule has 0 unspecified atom stereocenters. The van der Waals surface area contributed by atoms with Crippen molar-refractivity contribution in [3.8, 4) is 5.75 Å². The molecule has 0 bridgehead atoms. The van der Waals surface area contributed by atoms with Crippen molar-refractivity contribution in [1.82, 2.24) is 0 Å². The maximum Gasteiger partial charge on any atom is 0.337 e. The van der Waals surface area contributed by atoms with Crippen LogP contribution >= 0.6 is 11.3 Å². The number of hydrogen-bond donors (Lipinski definition) is 1. The minimum Gasteiger partial charge on any atom is -0.478 e. The van der Waals surface area contributed by atoms with Crippen LogP contribution in [0.1, 0.15) is 17.3 Å². The lowest BCUT2D eigenvalue weighted by Gasteiger charge is -2.01. The molecule has 1 heterocycles. The highest BCUT2D eigenvalue weighted by atomic mass is 32.1. The van der Waals surface area contributed by atoms with Gasteiger partial charge in [-0.05, 0) is 18.2 Å². The van der Waals surface area contributed by atoms with Crippen molar-refractivity contribution in [2.75, 3.05) is 0 Å². The van der Waals surface area contributed by atoms with E-state index in [-0.39, 0.29) is 5.56 Å². The van der Waals surface area contributed by atoms with Gasteiger partial charge in [-0.25, -0.2) is 4.79 Å². The van der Waals surface area contributed by atoms with Crippen LogP contribution in [0.25, 0.3) is 10.1 Å². The molecule has 0 atom stereocenters. The van der Waals surface area contributed by atoms with Crippen molar-refractivity contribution in [3.05, 3.63) is 29.1 Å². The van der Waals surface area contributed by atoms with Crippen molar-refractivity contribution in [2.45, 2.75) is 6.92 Å². The van der Waals surface area contributed by atoms with Gasteiger partial charge in [0.25, 0.3) is 0 Å². The van der Waals surface area contributed by atoms with Crippen LogP contribution < -0.4 is 4.74 Å². The van der Waals surface area contributed by atoms with Crippen LogP contribution in [0, 0.1) is 0 Å². The first-order valence-corrected chi connectivity index (χ1v) is 5.39. The van der Waals surface area contributed by atoms with Gasteiger partial charge < -0.3 is 9.84 Å². The number of hydrogen-bond acceptors (Lipinski definition) is 4. The number of esters is 1. The summed E-state index contributed by atoms with van der Waals surface area (Å²) in [4.78, 5) is 21.7. The smallest absolute Gasteiger partial charge is 0.337 e. The van der Waals surface area contributed by atoms with E-state index in [4.69, 9.17) is 9.84 Å². The Kier molecular flexibility index (Phi) is 2.62. The van der Waals surface area contributed by atoms with Crippen LogP contribution in [0.3, 0.4) is 0 Å². The first-order chi connectivity index (χ1) is 7.58. The van der Waals surface area contributed by atoms with Crippen LogP contribution in [-0.4, -0.2) is 17.0 Å². The molecule has 1 aromatic carbocycles. The normalized spacial score (nSPS) is 10.3. The van der Waals surface area contributed by atoms with E-state index in [1.54, 1.807) is 23.6 Å². The first-order valence-electron chi connectivity index (χ1n) is 4.51. The number of carboxylic acid groups (broad SMARTS) is 1. The molecule has 0 amide bonds. The number of fused-ring (bicyclic) bond motifs is 1. The van der Waals surface area contributed by atoms with Crippen LogP contribution in [0.5, 0.6) is 5.75 Å². The van der Waals surface area contributed by atoms with E-state index in [0.717, 1.165) is 4.70 Å². The highest BCUT2D eigenvalue weighted by Gasteiger charge is 2.11. The molecule has 16 heavy (non-hydrogen) atoms. The summed E-state index contributed by atoms with van der Waals surface area (Å²) in [6.07, 6.45) is 0. The number of carbonyl (C=O) groups excluding carboxylic acids is 1. The van der Waals surface area contributed by atoms with Crippen LogP contribution in [0.2, 0.25) is 0 Å². The number of thiophene rings is 1. The quantitative estimate of drug-likeness (QED) is 0.642. The molecular formula is C11H8O4S. The Bertz CT molecular complexity index is 570. The molecule has 2 aromatic rings. The Morgan fingerprint density at radius 3 is 2.75 bits per heavy atom. The molecule has 5 heteroatoms. The van der Waals surface area contributed by atoms with E-state index in [2.05, 4.69) is 0 Å². The third-order valence-electron chi connectivity index (χ3n) is 2.04. The predicted molar refractivity (Wildman–Crippen MR) is 60.1 cm³/mol. The Labute approximate surface area is 95.1 Å². The van der Waals surface area contributed by atoms with Gasteiger partial charge in [-0.3, -0.25) is 4.79 Å². The number of benzene rings is 1. The first kappa shape index (κ1) is 10.6. The summed E-state index contributed by atoms with van der Waals surface area (Å²) >= 11 is 1.35. The summed E-state index contributed by atoms with van der Waals surface area (Å²) in [7, 11) is 0. The van der Waals surface area contributed by atoms with Gasteiger partial charge in [0.05, 0.1) is 5.56 Å². The Balaban J connectivity index is 2.54. The van der Waals surface area contributed by atoms with E-state index in [0.29, 0.717) is 11.1 Å². The summed E-state index contributed by atoms with van der Waals surface area (Å²) in [6, 6.07) is 4.95. The second-order valence-corrected chi connectivity index (χ2v) is 4.12. The van der Waals surface area contributed by atoms with Gasteiger partial charge in [0.15, 0.2) is 0 Å². The highest BCUT2D eigenvalue weighted by Crippen LogP contribution is 2.29. The fraction of sp³-hybridized carbons (Fsp3) is 0.0909. The fourth-order valence-electron chi connectivity index (χ4n) is 1.40. The van der Waals surface area contributed by atoms with E-state index in [1.165, 1.54) is 18.3 Å². The number of carbonyl (C=O) groups is 2. The molecule has 1 aromatic heterocycles. The van der Waals surface area contributed by atoms with Gasteiger partial charge in [0.2, 0.25) is 0 Å². The van der Waals surface area contributed by atoms with Gasteiger partial charge in [-0.2, -0.15) is 0 Å². The standard InChI is InChI=1S/C11H8O4S/c1-6(12)15-7-2-3-10-8(4-7)9(5-16-10)11(13)14/h2-5H,1H3,(H,13,14). The lowest BCUT2D eigenvalue weighted by atomic mass is 10.2. The second-order valence-electron chi connectivity index (χ2n) is 3.21. The van der Waals surface area contributed by atoms with Crippen molar-refractivity contribution >= 4 is 33.4 Å². The third-order valence-corrected chi connectivity index (χ3v) is 3.00. The molecule has 0 aliphatic carbocycles. The van der Waals surface area contributed by atoms with E-state index >= 15 is 0 Å². The zero-order chi connectivity index (χ0) is 11.7. The van der Waals surface area contributed by atoms with E-state index in [9.17, 15) is 9.59 Å². The fourth-order valence-corrected chi connectivity index (χ4v) is 2.32. The molecule has 0 fully saturated rings. The average molecular weight is 236 g/mol. The molecule has 0 radical (unpaired) electrons. The maximum atomic E-state index is 10.9. The van der Waals surface area contributed by atoms with Gasteiger partial charge in [-0.15, -0.1) is 11.3 Å². The molecule has 0 spiro atoms. The van der Waals surface area contributed by atoms with Gasteiger partial charge in [0.1, 0.15) is 5.75 Å².